The summed E-state index contributed by atoms with van der Waals surface area (Å²) in [7, 11) is -3.36. The van der Waals surface area contributed by atoms with Crippen LogP contribution in [0.25, 0.3) is 0 Å². The van der Waals surface area contributed by atoms with Gasteiger partial charge in [0.2, 0.25) is 9.84 Å². The van der Waals surface area contributed by atoms with Crippen LogP contribution in [0.15, 0.2) is 35.3 Å². The predicted molar refractivity (Wildman–Crippen MR) is 46.4 cm³/mol. The zero-order chi connectivity index (χ0) is 9.19. The molecule has 0 N–H and O–H groups in total. The number of sulfone groups is 1. The van der Waals surface area contributed by atoms with Gasteiger partial charge in [-0.05, 0) is 18.6 Å². The summed E-state index contributed by atoms with van der Waals surface area (Å²) in [6.07, 6.45) is 1.51. The van der Waals surface area contributed by atoms with Crippen LogP contribution in [-0.2, 0) is 9.84 Å². The quantitative estimate of drug-likeness (QED) is 0.694. The molecule has 64 valence electrons. The van der Waals surface area contributed by atoms with Crippen molar-refractivity contribution >= 4 is 9.84 Å². The maximum Gasteiger partial charge on any atom is 0.216 e. The van der Waals surface area contributed by atoms with Crippen LogP contribution in [0.1, 0.15) is 5.56 Å². The zero-order valence-electron chi connectivity index (χ0n) is 6.69. The first-order valence-electron chi connectivity index (χ1n) is 3.36. The summed E-state index contributed by atoms with van der Waals surface area (Å²) >= 11 is 0. The van der Waals surface area contributed by atoms with Crippen molar-refractivity contribution in [2.75, 3.05) is 0 Å². The van der Waals surface area contributed by atoms with E-state index in [1.54, 1.807) is 6.07 Å². The molecule has 0 amide bonds. The summed E-state index contributed by atoms with van der Waals surface area (Å²) in [4.78, 5) is 3.76. The Hall–Kier alpha value is -1.16. The van der Waals surface area contributed by atoms with Gasteiger partial charge in [-0.25, -0.2) is 13.4 Å². The fourth-order valence-electron chi connectivity index (χ4n) is 0.708. The van der Waals surface area contributed by atoms with E-state index >= 15 is 0 Å². The van der Waals surface area contributed by atoms with Crippen LogP contribution in [-0.4, -0.2) is 13.4 Å². The molecule has 1 aromatic heterocycles. The first kappa shape index (κ1) is 8.93. The average Bonchev–Trinajstić information content (AvgIpc) is 2.05. The molecular weight excluding hydrogens is 174 g/mol. The minimum atomic E-state index is -3.36. The Balaban J connectivity index is 3.23. The summed E-state index contributed by atoms with van der Waals surface area (Å²) in [6.45, 7) is 5.05. The van der Waals surface area contributed by atoms with E-state index < -0.39 is 9.84 Å². The molecule has 0 radical (unpaired) electrons. The minimum absolute atomic E-state index is 0.0445. The molecule has 0 saturated heterocycles. The number of aryl methyl sites for hydroxylation is 1. The van der Waals surface area contributed by atoms with E-state index in [1.807, 2.05) is 6.92 Å². The minimum Gasteiger partial charge on any atom is -0.244 e. The van der Waals surface area contributed by atoms with Gasteiger partial charge >= 0.3 is 0 Å². The molecule has 0 spiro atoms. The fourth-order valence-corrected chi connectivity index (χ4v) is 1.34. The Morgan fingerprint density at radius 1 is 1.50 bits per heavy atom. The molecule has 12 heavy (non-hydrogen) atoms. The van der Waals surface area contributed by atoms with Crippen molar-refractivity contribution in [1.82, 2.24) is 4.98 Å². The van der Waals surface area contributed by atoms with Crippen molar-refractivity contribution < 1.29 is 8.42 Å². The summed E-state index contributed by atoms with van der Waals surface area (Å²) in [5.41, 5.74) is 0.929. The molecule has 1 aromatic rings. The smallest absolute Gasteiger partial charge is 0.216 e. The topological polar surface area (TPSA) is 47.0 Å². The highest BCUT2D eigenvalue weighted by Crippen LogP contribution is 2.08. The SMILES string of the molecule is C=CS(=O)(=O)c1ccc(C)cn1. The Bertz CT molecular complexity index is 378. The zero-order valence-corrected chi connectivity index (χ0v) is 7.50. The van der Waals surface area contributed by atoms with Crippen LogP contribution in [0.5, 0.6) is 0 Å². The molecule has 0 aliphatic heterocycles. The maximum atomic E-state index is 11.1. The van der Waals surface area contributed by atoms with E-state index in [9.17, 15) is 8.42 Å². The molecule has 1 heterocycles. The van der Waals surface area contributed by atoms with Gasteiger partial charge in [-0.1, -0.05) is 12.6 Å². The molecule has 0 aliphatic rings. The highest BCUT2D eigenvalue weighted by Gasteiger charge is 2.09. The van der Waals surface area contributed by atoms with Crippen LogP contribution in [0.4, 0.5) is 0 Å². The molecule has 0 saturated carbocycles. The standard InChI is InChI=1S/C8H9NO2S/c1-3-12(10,11)8-5-4-7(2)6-9-8/h3-6H,1H2,2H3. The lowest BCUT2D eigenvalue weighted by atomic mass is 10.3. The Morgan fingerprint density at radius 3 is 2.58 bits per heavy atom. The van der Waals surface area contributed by atoms with Gasteiger partial charge in [-0.2, -0.15) is 0 Å². The molecule has 0 aromatic carbocycles. The van der Waals surface area contributed by atoms with Crippen LogP contribution >= 0.6 is 0 Å². The summed E-state index contributed by atoms with van der Waals surface area (Å²) in [5, 5.41) is 0.938. The van der Waals surface area contributed by atoms with Crippen molar-refractivity contribution in [2.24, 2.45) is 0 Å². The van der Waals surface area contributed by atoms with Gasteiger partial charge in [0.25, 0.3) is 0 Å². The molecule has 0 unspecified atom stereocenters. The Morgan fingerprint density at radius 2 is 2.17 bits per heavy atom. The van der Waals surface area contributed by atoms with E-state index in [1.165, 1.54) is 12.3 Å². The normalized spacial score (nSPS) is 11.1. The van der Waals surface area contributed by atoms with Crippen molar-refractivity contribution in [3.63, 3.8) is 0 Å². The lowest BCUT2D eigenvalue weighted by Crippen LogP contribution is -1.98. The lowest BCUT2D eigenvalue weighted by Gasteiger charge is -1.96. The molecule has 0 fully saturated rings. The van der Waals surface area contributed by atoms with E-state index in [-0.39, 0.29) is 5.03 Å². The second-order valence-electron chi connectivity index (χ2n) is 2.39. The second kappa shape index (κ2) is 3.06. The number of nitrogens with zero attached hydrogens (tertiary/aromatic N) is 1. The highest BCUT2D eigenvalue weighted by molar-refractivity contribution is 7.94. The maximum absolute atomic E-state index is 11.1. The highest BCUT2D eigenvalue weighted by atomic mass is 32.2. The van der Waals surface area contributed by atoms with Gasteiger partial charge in [0.1, 0.15) is 0 Å². The van der Waals surface area contributed by atoms with Gasteiger partial charge < -0.3 is 0 Å². The molecular formula is C8H9NO2S. The average molecular weight is 183 g/mol. The molecule has 1 rings (SSSR count). The van der Waals surface area contributed by atoms with Crippen molar-refractivity contribution in [3.8, 4) is 0 Å². The van der Waals surface area contributed by atoms with E-state index in [2.05, 4.69) is 11.6 Å². The molecule has 0 bridgehead atoms. The van der Waals surface area contributed by atoms with Crippen LogP contribution < -0.4 is 0 Å². The molecule has 3 nitrogen and oxygen atoms in total. The predicted octanol–water partition coefficient (Wildman–Crippen LogP) is 1.31. The number of hydrogen-bond donors (Lipinski definition) is 0. The molecule has 0 atom stereocenters. The number of rotatable bonds is 2. The Kier molecular flexibility index (Phi) is 2.28. The van der Waals surface area contributed by atoms with Gasteiger partial charge in [0.05, 0.1) is 0 Å². The van der Waals surface area contributed by atoms with Crippen LogP contribution in [0.3, 0.4) is 0 Å². The third-order valence-corrected chi connectivity index (χ3v) is 2.66. The van der Waals surface area contributed by atoms with Crippen molar-refractivity contribution in [3.05, 3.63) is 35.9 Å². The van der Waals surface area contributed by atoms with Gasteiger partial charge in [0.15, 0.2) is 5.03 Å². The molecule has 0 aliphatic carbocycles. The summed E-state index contributed by atoms with van der Waals surface area (Å²) in [5.74, 6) is 0. The van der Waals surface area contributed by atoms with E-state index in [0.29, 0.717) is 0 Å². The van der Waals surface area contributed by atoms with Crippen LogP contribution in [0, 0.1) is 6.92 Å². The monoisotopic (exact) mass is 183 g/mol. The summed E-state index contributed by atoms with van der Waals surface area (Å²) < 4.78 is 22.3. The first-order valence-corrected chi connectivity index (χ1v) is 4.91. The first-order chi connectivity index (χ1) is 5.56. The van der Waals surface area contributed by atoms with Gasteiger partial charge in [0, 0.05) is 11.6 Å². The lowest BCUT2D eigenvalue weighted by molar-refractivity contribution is 0.601. The van der Waals surface area contributed by atoms with Crippen molar-refractivity contribution in [1.29, 1.82) is 0 Å². The number of hydrogen-bond acceptors (Lipinski definition) is 3. The Labute approximate surface area is 71.7 Å². The van der Waals surface area contributed by atoms with Gasteiger partial charge in [-0.15, -0.1) is 0 Å². The third-order valence-electron chi connectivity index (χ3n) is 1.40. The van der Waals surface area contributed by atoms with Crippen molar-refractivity contribution in [2.45, 2.75) is 11.9 Å². The second-order valence-corrected chi connectivity index (χ2v) is 4.23. The fraction of sp³-hybridized carbons (Fsp3) is 0.125. The summed E-state index contributed by atoms with van der Waals surface area (Å²) in [6, 6.07) is 3.16. The number of aromatic nitrogens is 1. The third kappa shape index (κ3) is 1.71. The van der Waals surface area contributed by atoms with E-state index in [0.717, 1.165) is 11.0 Å². The molecule has 4 heteroatoms. The van der Waals surface area contributed by atoms with Crippen LogP contribution in [0.2, 0.25) is 0 Å². The number of pyridine rings is 1. The largest absolute Gasteiger partial charge is 0.244 e. The van der Waals surface area contributed by atoms with E-state index in [4.69, 9.17) is 0 Å². The van der Waals surface area contributed by atoms with Gasteiger partial charge in [-0.3, -0.25) is 0 Å².